The van der Waals surface area contributed by atoms with Gasteiger partial charge in [-0.1, -0.05) is 0 Å². The molecule has 0 saturated carbocycles. The van der Waals surface area contributed by atoms with Crippen molar-refractivity contribution in [2.24, 2.45) is 0 Å². The van der Waals surface area contributed by atoms with Crippen molar-refractivity contribution in [3.63, 3.8) is 0 Å². The van der Waals surface area contributed by atoms with Gasteiger partial charge < -0.3 is 4.42 Å². The number of carbonyl (C=O) groups is 2. The molecule has 21 heavy (non-hydrogen) atoms. The first-order valence-electron chi connectivity index (χ1n) is 6.88. The van der Waals surface area contributed by atoms with Crippen LogP contribution in [0.3, 0.4) is 0 Å². The highest BCUT2D eigenvalue weighted by Gasteiger charge is 2.17. The molecule has 0 N–H and O–H groups in total. The van der Waals surface area contributed by atoms with Gasteiger partial charge in [0, 0.05) is 21.9 Å². The molecule has 1 aromatic heterocycles. The van der Waals surface area contributed by atoms with E-state index in [1.807, 2.05) is 19.9 Å². The lowest BCUT2D eigenvalue weighted by Gasteiger charge is -2.03. The molecule has 0 bridgehead atoms. The van der Waals surface area contributed by atoms with Gasteiger partial charge in [-0.25, -0.2) is 0 Å². The van der Waals surface area contributed by atoms with Gasteiger partial charge in [-0.2, -0.15) is 0 Å². The van der Waals surface area contributed by atoms with E-state index >= 15 is 0 Å². The fourth-order valence-corrected chi connectivity index (χ4v) is 2.66. The zero-order valence-corrected chi connectivity index (χ0v) is 12.5. The summed E-state index contributed by atoms with van der Waals surface area (Å²) >= 11 is 0. The summed E-state index contributed by atoms with van der Waals surface area (Å²) in [5.41, 5.74) is 4.62. The van der Waals surface area contributed by atoms with Crippen molar-refractivity contribution in [3.05, 3.63) is 46.5 Å². The number of fused-ring (bicyclic) bond motifs is 3. The summed E-state index contributed by atoms with van der Waals surface area (Å²) in [5.74, 6) is -0.241. The highest BCUT2D eigenvalue weighted by atomic mass is 16.3. The first-order valence-corrected chi connectivity index (χ1v) is 6.88. The number of rotatable bonds is 2. The van der Waals surface area contributed by atoms with E-state index in [1.165, 1.54) is 19.4 Å². The van der Waals surface area contributed by atoms with Crippen molar-refractivity contribution in [2.75, 3.05) is 0 Å². The van der Waals surface area contributed by atoms with Gasteiger partial charge in [0.25, 0.3) is 0 Å². The minimum absolute atomic E-state index is 0.111. The van der Waals surface area contributed by atoms with Crippen LogP contribution < -0.4 is 0 Å². The van der Waals surface area contributed by atoms with Crippen molar-refractivity contribution in [1.29, 1.82) is 0 Å². The highest BCUT2D eigenvalue weighted by molar-refractivity contribution is 6.14. The minimum atomic E-state index is -0.130. The Morgan fingerprint density at radius 1 is 0.762 bits per heavy atom. The lowest BCUT2D eigenvalue weighted by Crippen LogP contribution is -2.03. The van der Waals surface area contributed by atoms with Gasteiger partial charge in [-0.05, 0) is 63.1 Å². The number of ketones is 2. The van der Waals surface area contributed by atoms with Crippen LogP contribution in [0.15, 0.2) is 28.7 Å². The van der Waals surface area contributed by atoms with Crippen LogP contribution in [0.5, 0.6) is 0 Å². The van der Waals surface area contributed by atoms with Gasteiger partial charge in [-0.15, -0.1) is 0 Å². The molecule has 0 aliphatic rings. The third-order valence-corrected chi connectivity index (χ3v) is 3.98. The number of aryl methyl sites for hydroxylation is 2. The Kier molecular flexibility index (Phi) is 2.94. The molecule has 0 aliphatic carbocycles. The Balaban J connectivity index is 2.46. The first-order chi connectivity index (χ1) is 9.88. The van der Waals surface area contributed by atoms with Crippen molar-refractivity contribution in [2.45, 2.75) is 27.7 Å². The second-order valence-electron chi connectivity index (χ2n) is 5.54. The van der Waals surface area contributed by atoms with E-state index in [1.54, 1.807) is 12.1 Å². The van der Waals surface area contributed by atoms with Crippen LogP contribution in [-0.2, 0) is 0 Å². The van der Waals surface area contributed by atoms with Crippen molar-refractivity contribution in [1.82, 2.24) is 0 Å². The molecular weight excluding hydrogens is 264 g/mol. The Morgan fingerprint density at radius 2 is 1.24 bits per heavy atom. The van der Waals surface area contributed by atoms with Gasteiger partial charge in [0.15, 0.2) is 11.6 Å². The van der Waals surface area contributed by atoms with Crippen LogP contribution in [0.1, 0.15) is 45.7 Å². The second kappa shape index (κ2) is 4.55. The summed E-state index contributed by atoms with van der Waals surface area (Å²) in [6.45, 7) is 7.02. The van der Waals surface area contributed by atoms with E-state index in [-0.39, 0.29) is 11.6 Å². The summed E-state index contributed by atoms with van der Waals surface area (Å²) < 4.78 is 5.85. The standard InChI is InChI=1S/C18H16O3/c1-9-5-15-16-7-13(11(3)19)14(12(4)20)8-18(16)21-17(15)6-10(9)2/h5-8H,1-4H3. The fourth-order valence-electron chi connectivity index (χ4n) is 2.66. The molecule has 0 fully saturated rings. The number of carbonyl (C=O) groups excluding carboxylic acids is 2. The molecule has 106 valence electrons. The van der Waals surface area contributed by atoms with Crippen molar-refractivity contribution < 1.29 is 14.0 Å². The zero-order chi connectivity index (χ0) is 15.3. The summed E-state index contributed by atoms with van der Waals surface area (Å²) in [6, 6.07) is 7.51. The molecular formula is C18H16O3. The minimum Gasteiger partial charge on any atom is -0.456 e. The number of hydrogen-bond donors (Lipinski definition) is 0. The molecule has 0 saturated heterocycles. The second-order valence-corrected chi connectivity index (χ2v) is 5.54. The largest absolute Gasteiger partial charge is 0.456 e. The number of furan rings is 1. The summed E-state index contributed by atoms with van der Waals surface area (Å²) in [6.07, 6.45) is 0. The molecule has 0 aliphatic heterocycles. The lowest BCUT2D eigenvalue weighted by atomic mass is 9.97. The molecule has 0 spiro atoms. The monoisotopic (exact) mass is 280 g/mol. The lowest BCUT2D eigenvalue weighted by molar-refractivity contribution is 0.0981. The average molecular weight is 280 g/mol. The Bertz CT molecular complexity index is 913. The number of hydrogen-bond acceptors (Lipinski definition) is 3. The quantitative estimate of drug-likeness (QED) is 0.644. The predicted molar refractivity (Wildman–Crippen MR) is 83.2 cm³/mol. The summed E-state index contributed by atoms with van der Waals surface area (Å²) in [5, 5.41) is 1.86. The third kappa shape index (κ3) is 2.05. The van der Waals surface area contributed by atoms with E-state index in [4.69, 9.17) is 4.42 Å². The highest BCUT2D eigenvalue weighted by Crippen LogP contribution is 2.33. The molecule has 0 unspecified atom stereocenters. The zero-order valence-electron chi connectivity index (χ0n) is 12.5. The van der Waals surface area contributed by atoms with E-state index in [0.29, 0.717) is 16.7 Å². The van der Waals surface area contributed by atoms with Gasteiger partial charge in [0.1, 0.15) is 11.2 Å². The summed E-state index contributed by atoms with van der Waals surface area (Å²) in [7, 11) is 0. The van der Waals surface area contributed by atoms with E-state index in [2.05, 4.69) is 6.07 Å². The molecule has 3 aromatic rings. The van der Waals surface area contributed by atoms with Crippen LogP contribution in [0, 0.1) is 13.8 Å². The Hall–Kier alpha value is -2.42. The van der Waals surface area contributed by atoms with E-state index in [0.717, 1.165) is 21.9 Å². The maximum Gasteiger partial charge on any atom is 0.160 e. The Labute approximate surface area is 122 Å². The van der Waals surface area contributed by atoms with E-state index < -0.39 is 0 Å². The van der Waals surface area contributed by atoms with E-state index in [9.17, 15) is 9.59 Å². The van der Waals surface area contributed by atoms with Crippen LogP contribution in [0.4, 0.5) is 0 Å². The maximum absolute atomic E-state index is 11.8. The molecule has 3 rings (SSSR count). The SMILES string of the molecule is CC(=O)c1cc2oc3cc(C)c(C)cc3c2cc1C(C)=O. The predicted octanol–water partition coefficient (Wildman–Crippen LogP) is 4.61. The number of Topliss-reactive ketones (excluding diaryl/α,β-unsaturated/α-hetero) is 2. The third-order valence-electron chi connectivity index (χ3n) is 3.98. The topological polar surface area (TPSA) is 47.3 Å². The van der Waals surface area contributed by atoms with Crippen molar-refractivity contribution >= 4 is 33.5 Å². The molecule has 2 aromatic carbocycles. The van der Waals surface area contributed by atoms with Crippen LogP contribution >= 0.6 is 0 Å². The van der Waals surface area contributed by atoms with Crippen LogP contribution in [0.2, 0.25) is 0 Å². The smallest absolute Gasteiger partial charge is 0.160 e. The van der Waals surface area contributed by atoms with Gasteiger partial charge >= 0.3 is 0 Å². The van der Waals surface area contributed by atoms with Crippen LogP contribution in [0.25, 0.3) is 21.9 Å². The normalized spacial score (nSPS) is 11.2. The molecule has 0 atom stereocenters. The molecule has 3 heteroatoms. The Morgan fingerprint density at radius 3 is 1.86 bits per heavy atom. The molecule has 0 amide bonds. The van der Waals surface area contributed by atoms with Gasteiger partial charge in [-0.3, -0.25) is 9.59 Å². The molecule has 3 nitrogen and oxygen atoms in total. The fraction of sp³-hybridized carbons (Fsp3) is 0.222. The van der Waals surface area contributed by atoms with Gasteiger partial charge in [0.2, 0.25) is 0 Å². The number of benzene rings is 2. The molecule has 0 radical (unpaired) electrons. The maximum atomic E-state index is 11.8. The van der Waals surface area contributed by atoms with Crippen molar-refractivity contribution in [3.8, 4) is 0 Å². The van der Waals surface area contributed by atoms with Gasteiger partial charge in [0.05, 0.1) is 0 Å². The average Bonchev–Trinajstić information content (AvgIpc) is 2.74. The molecule has 1 heterocycles. The van der Waals surface area contributed by atoms with Crippen LogP contribution in [-0.4, -0.2) is 11.6 Å². The summed E-state index contributed by atoms with van der Waals surface area (Å²) in [4.78, 5) is 23.6. The first kappa shape index (κ1) is 13.6.